The number of rotatable bonds is 3. The Labute approximate surface area is 105 Å². The van der Waals surface area contributed by atoms with Crippen LogP contribution in [-0.4, -0.2) is 23.2 Å². The highest BCUT2D eigenvalue weighted by Crippen LogP contribution is 2.25. The van der Waals surface area contributed by atoms with Crippen molar-refractivity contribution in [2.24, 2.45) is 5.73 Å². The summed E-state index contributed by atoms with van der Waals surface area (Å²) in [7, 11) is 0. The Hall–Kier alpha value is -1.33. The van der Waals surface area contributed by atoms with Crippen molar-refractivity contribution in [3.8, 4) is 0 Å². The number of aryl methyl sites for hydroxylation is 1. The average molecular weight is 249 g/mol. The highest BCUT2D eigenvalue weighted by molar-refractivity contribution is 8.03. The molecule has 4 nitrogen and oxygen atoms in total. The summed E-state index contributed by atoms with van der Waals surface area (Å²) in [5, 5.41) is 1.41. The van der Waals surface area contributed by atoms with Gasteiger partial charge >= 0.3 is 0 Å². The van der Waals surface area contributed by atoms with Crippen LogP contribution in [0, 0.1) is 6.92 Å². The van der Waals surface area contributed by atoms with Crippen molar-refractivity contribution in [1.29, 1.82) is 0 Å². The minimum Gasteiger partial charge on any atom is -0.394 e. The first-order chi connectivity index (χ1) is 8.16. The summed E-state index contributed by atoms with van der Waals surface area (Å²) in [6, 6.07) is 0. The maximum Gasteiger partial charge on any atom is 0.156 e. The van der Waals surface area contributed by atoms with Crippen LogP contribution in [0.4, 0.5) is 0 Å². The highest BCUT2D eigenvalue weighted by atomic mass is 32.2. The van der Waals surface area contributed by atoms with Gasteiger partial charge in [0.05, 0.1) is 18.2 Å². The van der Waals surface area contributed by atoms with Gasteiger partial charge in [0, 0.05) is 11.8 Å². The third-order valence-electron chi connectivity index (χ3n) is 2.40. The van der Waals surface area contributed by atoms with Gasteiger partial charge < -0.3 is 10.5 Å². The van der Waals surface area contributed by atoms with Crippen LogP contribution in [-0.2, 0) is 4.74 Å². The first kappa shape index (κ1) is 12.1. The van der Waals surface area contributed by atoms with E-state index in [9.17, 15) is 0 Å². The predicted molar refractivity (Wildman–Crippen MR) is 69.4 cm³/mol. The monoisotopic (exact) mass is 249 g/mol. The lowest BCUT2D eigenvalue weighted by Crippen LogP contribution is -2.07. The van der Waals surface area contributed by atoms with Crippen molar-refractivity contribution < 1.29 is 4.74 Å². The van der Waals surface area contributed by atoms with Gasteiger partial charge in [0.2, 0.25) is 0 Å². The van der Waals surface area contributed by atoms with E-state index < -0.39 is 0 Å². The van der Waals surface area contributed by atoms with E-state index in [4.69, 9.17) is 10.5 Å². The minimum absolute atomic E-state index is 0.540. The summed E-state index contributed by atoms with van der Waals surface area (Å²) >= 11 is 1.38. The molecule has 0 aromatic carbocycles. The van der Waals surface area contributed by atoms with E-state index in [0.717, 1.165) is 35.0 Å². The number of ether oxygens (including phenoxy) is 1. The van der Waals surface area contributed by atoms with Crippen molar-refractivity contribution in [2.75, 3.05) is 13.2 Å². The van der Waals surface area contributed by atoms with Crippen molar-refractivity contribution in [1.82, 2.24) is 9.97 Å². The summed E-state index contributed by atoms with van der Waals surface area (Å²) in [4.78, 5) is 8.87. The SMILES string of the molecule is C=C(N)Sc1nc(C2=CCOCC2)ncc1C. The van der Waals surface area contributed by atoms with Gasteiger partial charge in [-0.15, -0.1) is 0 Å². The van der Waals surface area contributed by atoms with Crippen LogP contribution < -0.4 is 5.73 Å². The van der Waals surface area contributed by atoms with Gasteiger partial charge in [0.15, 0.2) is 5.82 Å². The quantitative estimate of drug-likeness (QED) is 0.656. The van der Waals surface area contributed by atoms with Gasteiger partial charge in [0.1, 0.15) is 5.03 Å². The summed E-state index contributed by atoms with van der Waals surface area (Å²) in [5.74, 6) is 0.766. The van der Waals surface area contributed by atoms with Crippen molar-refractivity contribution in [3.05, 3.63) is 35.3 Å². The normalized spacial score (nSPS) is 15.5. The third kappa shape index (κ3) is 3.08. The van der Waals surface area contributed by atoms with E-state index in [1.807, 2.05) is 19.2 Å². The molecule has 0 radical (unpaired) electrons. The maximum atomic E-state index is 5.60. The highest BCUT2D eigenvalue weighted by Gasteiger charge is 2.11. The van der Waals surface area contributed by atoms with Crippen LogP contribution in [0.5, 0.6) is 0 Å². The first-order valence-electron chi connectivity index (χ1n) is 5.40. The topological polar surface area (TPSA) is 61.0 Å². The van der Waals surface area contributed by atoms with Crippen molar-refractivity contribution in [3.63, 3.8) is 0 Å². The number of thioether (sulfide) groups is 1. The molecule has 1 aromatic heterocycles. The second-order valence-electron chi connectivity index (χ2n) is 3.80. The Morgan fingerprint density at radius 2 is 2.41 bits per heavy atom. The smallest absolute Gasteiger partial charge is 0.156 e. The van der Waals surface area contributed by atoms with E-state index >= 15 is 0 Å². The number of hydrogen-bond donors (Lipinski definition) is 1. The molecule has 0 spiro atoms. The molecule has 0 fully saturated rings. The Morgan fingerprint density at radius 1 is 1.59 bits per heavy atom. The van der Waals surface area contributed by atoms with Crippen LogP contribution >= 0.6 is 11.8 Å². The molecule has 2 rings (SSSR count). The van der Waals surface area contributed by atoms with Crippen molar-refractivity contribution in [2.45, 2.75) is 18.4 Å². The molecule has 0 saturated carbocycles. The molecule has 90 valence electrons. The summed E-state index contributed by atoms with van der Waals surface area (Å²) in [6.45, 7) is 7.01. The van der Waals surface area contributed by atoms with Gasteiger partial charge in [-0.25, -0.2) is 9.97 Å². The molecule has 5 heteroatoms. The van der Waals surface area contributed by atoms with Crippen LogP contribution in [0.15, 0.2) is 28.9 Å². The Morgan fingerprint density at radius 3 is 3.06 bits per heavy atom. The van der Waals surface area contributed by atoms with Crippen molar-refractivity contribution >= 4 is 17.3 Å². The summed E-state index contributed by atoms with van der Waals surface area (Å²) in [5.41, 5.74) is 7.75. The Kier molecular flexibility index (Phi) is 3.81. The molecular weight excluding hydrogens is 234 g/mol. The van der Waals surface area contributed by atoms with Gasteiger partial charge in [-0.3, -0.25) is 0 Å². The number of nitrogens with two attached hydrogens (primary N) is 1. The van der Waals surface area contributed by atoms with Crippen LogP contribution in [0.3, 0.4) is 0 Å². The predicted octanol–water partition coefficient (Wildman–Crippen LogP) is 2.11. The lowest BCUT2D eigenvalue weighted by Gasteiger charge is -2.13. The fraction of sp³-hybridized carbons (Fsp3) is 0.333. The molecule has 0 bridgehead atoms. The second kappa shape index (κ2) is 5.33. The van der Waals surface area contributed by atoms with Gasteiger partial charge in [-0.2, -0.15) is 0 Å². The van der Waals surface area contributed by atoms with Gasteiger partial charge in [0.25, 0.3) is 0 Å². The zero-order chi connectivity index (χ0) is 12.3. The standard InChI is InChI=1S/C12H15N3OS/c1-8-7-14-11(10-3-5-16-6-4-10)15-12(8)17-9(2)13/h3,7H,2,4-6,13H2,1H3. The molecule has 1 aliphatic rings. The molecule has 1 aromatic rings. The zero-order valence-electron chi connectivity index (χ0n) is 9.77. The minimum atomic E-state index is 0.540. The van der Waals surface area contributed by atoms with E-state index in [-0.39, 0.29) is 0 Å². The first-order valence-corrected chi connectivity index (χ1v) is 6.21. The van der Waals surface area contributed by atoms with E-state index in [1.54, 1.807) is 0 Å². The molecule has 1 aliphatic heterocycles. The molecule has 0 unspecified atom stereocenters. The average Bonchev–Trinajstić information content (AvgIpc) is 2.32. The zero-order valence-corrected chi connectivity index (χ0v) is 10.6. The molecule has 0 atom stereocenters. The molecule has 0 amide bonds. The summed E-state index contributed by atoms with van der Waals surface area (Å²) in [6.07, 6.45) is 4.71. The molecule has 0 aliphatic carbocycles. The Balaban J connectivity index is 2.29. The number of hydrogen-bond acceptors (Lipinski definition) is 5. The van der Waals surface area contributed by atoms with Crippen LogP contribution in [0.25, 0.3) is 5.57 Å². The fourth-order valence-corrected chi connectivity index (χ4v) is 2.13. The lowest BCUT2D eigenvalue weighted by atomic mass is 10.1. The largest absolute Gasteiger partial charge is 0.394 e. The third-order valence-corrected chi connectivity index (χ3v) is 3.27. The summed E-state index contributed by atoms with van der Waals surface area (Å²) < 4.78 is 5.27. The molecule has 2 heterocycles. The van der Waals surface area contributed by atoms with Gasteiger partial charge in [-0.1, -0.05) is 24.4 Å². The van der Waals surface area contributed by atoms with Gasteiger partial charge in [-0.05, 0) is 18.9 Å². The molecular formula is C12H15N3OS. The number of nitrogens with zero attached hydrogens (tertiary/aromatic N) is 2. The van der Waals surface area contributed by atoms with Crippen LogP contribution in [0.1, 0.15) is 17.8 Å². The van der Waals surface area contributed by atoms with E-state index in [1.165, 1.54) is 11.8 Å². The maximum absolute atomic E-state index is 5.60. The molecule has 17 heavy (non-hydrogen) atoms. The lowest BCUT2D eigenvalue weighted by molar-refractivity contribution is 0.161. The number of aromatic nitrogens is 2. The fourth-order valence-electron chi connectivity index (χ4n) is 1.54. The van der Waals surface area contributed by atoms with Crippen LogP contribution in [0.2, 0.25) is 0 Å². The van der Waals surface area contributed by atoms with E-state index in [2.05, 4.69) is 16.5 Å². The van der Waals surface area contributed by atoms with E-state index in [0.29, 0.717) is 11.6 Å². The Bertz CT molecular complexity index is 471. The second-order valence-corrected chi connectivity index (χ2v) is 4.92. The molecule has 2 N–H and O–H groups in total. The molecule has 0 saturated heterocycles.